The number of hydrogen-bond acceptors (Lipinski definition) is 5. The molecule has 0 bridgehead atoms. The summed E-state index contributed by atoms with van der Waals surface area (Å²) >= 11 is 1.30. The van der Waals surface area contributed by atoms with Gasteiger partial charge in [0.2, 0.25) is 5.91 Å². The van der Waals surface area contributed by atoms with Gasteiger partial charge in [-0.25, -0.2) is 4.98 Å². The molecule has 0 aliphatic carbocycles. The number of para-hydroxylation sites is 1. The van der Waals surface area contributed by atoms with E-state index in [-0.39, 0.29) is 23.3 Å². The predicted molar refractivity (Wildman–Crippen MR) is 133 cm³/mol. The molecule has 1 aliphatic rings. The number of carbonyl (C=O) groups is 1. The van der Waals surface area contributed by atoms with E-state index < -0.39 is 0 Å². The molecule has 1 N–H and O–H groups in total. The van der Waals surface area contributed by atoms with Crippen molar-refractivity contribution >= 4 is 28.6 Å². The summed E-state index contributed by atoms with van der Waals surface area (Å²) in [6, 6.07) is 15.9. The van der Waals surface area contributed by atoms with Gasteiger partial charge < -0.3 is 10.1 Å². The van der Waals surface area contributed by atoms with Crippen molar-refractivity contribution in [2.45, 2.75) is 56.8 Å². The second-order valence-corrected chi connectivity index (χ2v) is 9.69. The van der Waals surface area contributed by atoms with Gasteiger partial charge >= 0.3 is 0 Å². The molecule has 0 saturated carbocycles. The van der Waals surface area contributed by atoms with Crippen LogP contribution >= 0.6 is 11.8 Å². The minimum absolute atomic E-state index is 0.0147. The zero-order valence-corrected chi connectivity index (χ0v) is 20.1. The Bertz CT molecular complexity index is 1150. The monoisotopic (exact) mass is 465 g/mol. The fraction of sp³-hybridized carbons (Fsp3) is 0.423. The van der Waals surface area contributed by atoms with Gasteiger partial charge in [-0.1, -0.05) is 62.0 Å². The van der Waals surface area contributed by atoms with Gasteiger partial charge in [0.15, 0.2) is 5.16 Å². The summed E-state index contributed by atoms with van der Waals surface area (Å²) < 4.78 is 7.42. The van der Waals surface area contributed by atoms with Gasteiger partial charge in [-0.15, -0.1) is 0 Å². The minimum Gasteiger partial charge on any atom is -0.376 e. The molecule has 1 amide bonds. The average molecular weight is 466 g/mol. The summed E-state index contributed by atoms with van der Waals surface area (Å²) in [6.45, 7) is 6.13. The molecule has 3 aromatic rings. The van der Waals surface area contributed by atoms with Crippen molar-refractivity contribution in [3.8, 4) is 0 Å². The van der Waals surface area contributed by atoms with E-state index in [9.17, 15) is 9.59 Å². The van der Waals surface area contributed by atoms with Crippen LogP contribution in [0.3, 0.4) is 0 Å². The smallest absolute Gasteiger partial charge is 0.262 e. The van der Waals surface area contributed by atoms with Crippen LogP contribution in [-0.4, -0.2) is 40.5 Å². The molecule has 1 saturated heterocycles. The van der Waals surface area contributed by atoms with E-state index >= 15 is 0 Å². The van der Waals surface area contributed by atoms with Crippen molar-refractivity contribution < 1.29 is 9.53 Å². The average Bonchev–Trinajstić information content (AvgIpc) is 3.33. The summed E-state index contributed by atoms with van der Waals surface area (Å²) in [6.07, 6.45) is 2.74. The molecule has 33 heavy (non-hydrogen) atoms. The number of amides is 1. The maximum absolute atomic E-state index is 13.1. The number of benzene rings is 2. The van der Waals surface area contributed by atoms with E-state index in [4.69, 9.17) is 9.72 Å². The van der Waals surface area contributed by atoms with Crippen molar-refractivity contribution in [2.24, 2.45) is 0 Å². The molecule has 0 radical (unpaired) electrons. The lowest BCUT2D eigenvalue weighted by molar-refractivity contribution is -0.118. The maximum Gasteiger partial charge on any atom is 0.262 e. The molecule has 2 heterocycles. The highest BCUT2D eigenvalue weighted by Gasteiger charge is 2.20. The van der Waals surface area contributed by atoms with Gasteiger partial charge in [-0.2, -0.15) is 0 Å². The third-order valence-electron chi connectivity index (χ3n) is 5.95. The van der Waals surface area contributed by atoms with Crippen LogP contribution in [-0.2, 0) is 22.5 Å². The van der Waals surface area contributed by atoms with Gasteiger partial charge in [0.1, 0.15) is 0 Å². The zero-order chi connectivity index (χ0) is 23.2. The summed E-state index contributed by atoms with van der Waals surface area (Å²) in [4.78, 5) is 30.3. The number of nitrogens with zero attached hydrogens (tertiary/aromatic N) is 2. The molecule has 1 atom stereocenters. The van der Waals surface area contributed by atoms with E-state index in [1.54, 1.807) is 10.6 Å². The maximum atomic E-state index is 13.1. The number of thioether (sulfide) groups is 1. The van der Waals surface area contributed by atoms with Gasteiger partial charge in [0.25, 0.3) is 5.56 Å². The van der Waals surface area contributed by atoms with Crippen molar-refractivity contribution in [3.05, 3.63) is 70.0 Å². The van der Waals surface area contributed by atoms with Crippen LogP contribution in [0.25, 0.3) is 10.9 Å². The largest absolute Gasteiger partial charge is 0.376 e. The highest BCUT2D eigenvalue weighted by Crippen LogP contribution is 2.21. The minimum atomic E-state index is -0.0798. The molecule has 0 spiro atoms. The summed E-state index contributed by atoms with van der Waals surface area (Å²) in [7, 11) is 0. The third-order valence-corrected chi connectivity index (χ3v) is 6.93. The summed E-state index contributed by atoms with van der Waals surface area (Å²) in [5.74, 6) is 0.657. The first-order chi connectivity index (χ1) is 16.0. The molecule has 1 aromatic heterocycles. The van der Waals surface area contributed by atoms with Crippen molar-refractivity contribution in [2.75, 3.05) is 18.9 Å². The van der Waals surface area contributed by atoms with Crippen molar-refractivity contribution in [3.63, 3.8) is 0 Å². The summed E-state index contributed by atoms with van der Waals surface area (Å²) in [5, 5.41) is 4.14. The lowest BCUT2D eigenvalue weighted by Gasteiger charge is -2.16. The van der Waals surface area contributed by atoms with E-state index in [0.717, 1.165) is 25.9 Å². The Hall–Kier alpha value is -2.64. The molecule has 2 aromatic carbocycles. The van der Waals surface area contributed by atoms with Gasteiger partial charge in [-0.3, -0.25) is 14.2 Å². The highest BCUT2D eigenvalue weighted by molar-refractivity contribution is 7.99. The molecular formula is C26H31N3O3S. The fourth-order valence-corrected chi connectivity index (χ4v) is 4.85. The lowest BCUT2D eigenvalue weighted by atomic mass is 10.0. The van der Waals surface area contributed by atoms with Crippen LogP contribution in [0.1, 0.15) is 43.7 Å². The first-order valence-corrected chi connectivity index (χ1v) is 12.6. The predicted octanol–water partition coefficient (Wildman–Crippen LogP) is 4.15. The SMILES string of the molecule is CC(C)c1ccc(CCNC(=O)CSc2nc3ccccc3c(=O)n2CC2CCCO2)cc1. The molecule has 1 fully saturated rings. The molecule has 6 nitrogen and oxygen atoms in total. The van der Waals surface area contributed by atoms with Gasteiger partial charge in [0, 0.05) is 13.2 Å². The van der Waals surface area contributed by atoms with Gasteiger partial charge in [0.05, 0.1) is 29.3 Å². The first kappa shape index (κ1) is 23.5. The lowest BCUT2D eigenvalue weighted by Crippen LogP contribution is -2.30. The molecule has 4 rings (SSSR count). The van der Waals surface area contributed by atoms with Crippen LogP contribution in [0.4, 0.5) is 0 Å². The number of aromatic nitrogens is 2. The molecule has 174 valence electrons. The Labute approximate surface area is 198 Å². The van der Waals surface area contributed by atoms with Crippen LogP contribution < -0.4 is 10.9 Å². The van der Waals surface area contributed by atoms with Crippen molar-refractivity contribution in [1.82, 2.24) is 14.9 Å². The first-order valence-electron chi connectivity index (χ1n) is 11.6. The second kappa shape index (κ2) is 11.0. The highest BCUT2D eigenvalue weighted by atomic mass is 32.2. The second-order valence-electron chi connectivity index (χ2n) is 8.75. The van der Waals surface area contributed by atoms with E-state index in [2.05, 4.69) is 43.4 Å². The normalized spacial score (nSPS) is 15.9. The molecule has 7 heteroatoms. The van der Waals surface area contributed by atoms with Crippen LogP contribution in [0.5, 0.6) is 0 Å². The Morgan fingerprint density at radius 3 is 2.73 bits per heavy atom. The quantitative estimate of drug-likeness (QED) is 0.380. The summed E-state index contributed by atoms with van der Waals surface area (Å²) in [5.41, 5.74) is 3.09. The van der Waals surface area contributed by atoms with E-state index in [1.807, 2.05) is 18.2 Å². The number of hydrogen-bond donors (Lipinski definition) is 1. The van der Waals surface area contributed by atoms with Crippen LogP contribution in [0.15, 0.2) is 58.5 Å². The topological polar surface area (TPSA) is 73.2 Å². The van der Waals surface area contributed by atoms with Gasteiger partial charge in [-0.05, 0) is 48.4 Å². The number of fused-ring (bicyclic) bond motifs is 1. The molecular weight excluding hydrogens is 434 g/mol. The van der Waals surface area contributed by atoms with Crippen LogP contribution in [0, 0.1) is 0 Å². The molecule has 1 unspecified atom stereocenters. The molecule has 1 aliphatic heterocycles. The van der Waals surface area contributed by atoms with Crippen molar-refractivity contribution in [1.29, 1.82) is 0 Å². The fourth-order valence-electron chi connectivity index (χ4n) is 4.01. The zero-order valence-electron chi connectivity index (χ0n) is 19.3. The third kappa shape index (κ3) is 6.03. The standard InChI is InChI=1S/C26H31N3O3S/c1-18(2)20-11-9-19(10-12-20)13-14-27-24(30)17-33-26-28-23-8-4-3-7-22(23)25(31)29(26)16-21-6-5-15-32-21/h3-4,7-12,18,21H,5-6,13-17H2,1-2H3,(H,27,30). The Morgan fingerprint density at radius 1 is 1.21 bits per heavy atom. The Morgan fingerprint density at radius 2 is 2.00 bits per heavy atom. The Balaban J connectivity index is 1.38. The number of rotatable bonds is 9. The number of nitrogens with one attached hydrogen (secondary N) is 1. The van der Waals surface area contributed by atoms with E-state index in [0.29, 0.717) is 35.1 Å². The van der Waals surface area contributed by atoms with E-state index in [1.165, 1.54) is 22.9 Å². The van der Waals surface area contributed by atoms with Crippen LogP contribution in [0.2, 0.25) is 0 Å². The Kier molecular flexibility index (Phi) is 7.83. The number of carbonyl (C=O) groups excluding carboxylic acids is 1. The number of ether oxygens (including phenoxy) is 1.